The molecule has 0 saturated heterocycles. The summed E-state index contributed by atoms with van der Waals surface area (Å²) in [6.07, 6.45) is 0. The van der Waals surface area contributed by atoms with Crippen molar-refractivity contribution >= 4 is 73.7 Å². The monoisotopic (exact) mass is 557 g/mol. The standard InChI is InChI=1S/2C13H11ClO2S.Al/c2*1-8(13(15)16)10-7-17-12(14)11(10)9-5-3-2-4-6-9;/h2*2-8H,1H3,(H,15,16);/q;;+3/p-2. The third-order valence-electron chi connectivity index (χ3n) is 5.64. The van der Waals surface area contributed by atoms with E-state index in [4.69, 9.17) is 30.8 Å². The van der Waals surface area contributed by atoms with Crippen LogP contribution >= 0.6 is 45.9 Å². The van der Waals surface area contributed by atoms with Crippen molar-refractivity contribution < 1.29 is 17.2 Å². The van der Waals surface area contributed by atoms with Gasteiger partial charge in [0.2, 0.25) is 0 Å². The van der Waals surface area contributed by atoms with E-state index in [9.17, 15) is 9.59 Å². The zero-order valence-electron chi connectivity index (χ0n) is 18.9. The van der Waals surface area contributed by atoms with Crippen LogP contribution in [0.1, 0.15) is 36.8 Å². The van der Waals surface area contributed by atoms with E-state index < -0.39 is 39.7 Å². The van der Waals surface area contributed by atoms with Gasteiger partial charge in [0, 0.05) is 0 Å². The molecule has 0 aliphatic rings. The van der Waals surface area contributed by atoms with Gasteiger partial charge in [0.15, 0.2) is 0 Å². The van der Waals surface area contributed by atoms with Crippen LogP contribution in [0.25, 0.3) is 22.3 Å². The van der Waals surface area contributed by atoms with E-state index in [0.29, 0.717) is 8.67 Å². The van der Waals surface area contributed by atoms with Crippen LogP contribution < -0.4 is 0 Å². The summed E-state index contributed by atoms with van der Waals surface area (Å²) >= 11 is 14.3. The molecule has 4 rings (SSSR count). The molecule has 9 heteroatoms. The molecular formula is C26H20AlCl2O4S2+. The van der Waals surface area contributed by atoms with Gasteiger partial charge >= 0.3 is 230 Å². The Labute approximate surface area is 228 Å². The van der Waals surface area contributed by atoms with Gasteiger partial charge < -0.3 is 0 Å². The molecule has 0 saturated carbocycles. The van der Waals surface area contributed by atoms with Crippen LogP contribution in [0.2, 0.25) is 8.67 Å². The Morgan fingerprint density at radius 3 is 1.46 bits per heavy atom. The predicted molar refractivity (Wildman–Crippen MR) is 144 cm³/mol. The van der Waals surface area contributed by atoms with E-state index in [0.717, 1.165) is 33.4 Å². The summed E-state index contributed by atoms with van der Waals surface area (Å²) in [5.41, 5.74) is 5.09. The number of benzene rings is 2. The van der Waals surface area contributed by atoms with E-state index in [1.807, 2.05) is 71.4 Å². The summed E-state index contributed by atoms with van der Waals surface area (Å²) in [5.74, 6) is -2.04. The Morgan fingerprint density at radius 1 is 0.714 bits per heavy atom. The molecule has 0 aliphatic carbocycles. The Hall–Kier alpha value is -2.11. The van der Waals surface area contributed by atoms with Crippen molar-refractivity contribution in [1.82, 2.24) is 0 Å². The molecule has 0 aliphatic heterocycles. The second-order valence-corrected chi connectivity index (χ2v) is 11.5. The van der Waals surface area contributed by atoms with Crippen LogP contribution in [-0.2, 0) is 17.2 Å². The Bertz CT molecular complexity index is 1220. The van der Waals surface area contributed by atoms with Gasteiger partial charge in [-0.3, -0.25) is 0 Å². The maximum absolute atomic E-state index is 12.8. The Balaban J connectivity index is 1.39. The Morgan fingerprint density at radius 2 is 1.09 bits per heavy atom. The van der Waals surface area contributed by atoms with Crippen LogP contribution in [0.3, 0.4) is 0 Å². The predicted octanol–water partition coefficient (Wildman–Crippen LogP) is 7.98. The summed E-state index contributed by atoms with van der Waals surface area (Å²) in [6.45, 7) is 3.52. The normalized spacial score (nSPS) is 12.5. The number of halogens is 2. The molecule has 4 aromatic rings. The van der Waals surface area contributed by atoms with E-state index >= 15 is 0 Å². The topological polar surface area (TPSA) is 52.6 Å². The second-order valence-electron chi connectivity index (χ2n) is 7.82. The average molecular weight is 558 g/mol. The van der Waals surface area contributed by atoms with Crippen molar-refractivity contribution in [1.29, 1.82) is 0 Å². The average Bonchev–Trinajstić information content (AvgIpc) is 3.46. The van der Waals surface area contributed by atoms with Crippen molar-refractivity contribution in [3.8, 4) is 22.3 Å². The van der Waals surface area contributed by atoms with Gasteiger partial charge in [-0.1, -0.05) is 0 Å². The van der Waals surface area contributed by atoms with Crippen LogP contribution in [0.15, 0.2) is 71.4 Å². The van der Waals surface area contributed by atoms with Gasteiger partial charge in [-0.15, -0.1) is 0 Å². The van der Waals surface area contributed by atoms with Crippen molar-refractivity contribution in [2.45, 2.75) is 25.7 Å². The van der Waals surface area contributed by atoms with Crippen LogP contribution in [0, 0.1) is 0 Å². The molecule has 0 bridgehead atoms. The van der Waals surface area contributed by atoms with E-state index in [1.54, 1.807) is 13.8 Å². The fourth-order valence-electron chi connectivity index (χ4n) is 3.68. The molecular weight excluding hydrogens is 538 g/mol. The third kappa shape index (κ3) is 5.83. The second kappa shape index (κ2) is 11.8. The summed E-state index contributed by atoms with van der Waals surface area (Å²) in [5, 5.41) is 3.73. The quantitative estimate of drug-likeness (QED) is 0.206. The Kier molecular flexibility index (Phi) is 8.72. The number of hydrogen-bond acceptors (Lipinski definition) is 6. The molecule has 2 unspecified atom stereocenters. The van der Waals surface area contributed by atoms with Crippen molar-refractivity contribution in [3.63, 3.8) is 0 Å². The first-order chi connectivity index (χ1) is 16.9. The first-order valence-electron chi connectivity index (χ1n) is 10.8. The summed E-state index contributed by atoms with van der Waals surface area (Å²) in [7, 11) is 0. The van der Waals surface area contributed by atoms with Gasteiger partial charge in [-0.05, 0) is 0 Å². The van der Waals surface area contributed by atoms with Gasteiger partial charge in [-0.25, -0.2) is 0 Å². The molecule has 2 heterocycles. The van der Waals surface area contributed by atoms with Crippen molar-refractivity contribution in [2.75, 3.05) is 0 Å². The van der Waals surface area contributed by atoms with Gasteiger partial charge in [0.25, 0.3) is 0 Å². The zero-order chi connectivity index (χ0) is 24.9. The van der Waals surface area contributed by atoms with E-state index in [-0.39, 0.29) is 0 Å². The van der Waals surface area contributed by atoms with Gasteiger partial charge in [-0.2, -0.15) is 0 Å². The minimum atomic E-state index is -1.31. The first kappa shape index (κ1) is 26.0. The minimum absolute atomic E-state index is 0.462. The fourth-order valence-corrected chi connectivity index (χ4v) is 6.84. The summed E-state index contributed by atoms with van der Waals surface area (Å²) < 4.78 is 12.0. The molecule has 0 N–H and O–H groups in total. The zero-order valence-corrected chi connectivity index (χ0v) is 23.2. The molecule has 2 atom stereocenters. The van der Waals surface area contributed by atoms with Crippen LogP contribution in [0.5, 0.6) is 0 Å². The third-order valence-corrected chi connectivity index (χ3v) is 8.78. The molecule has 176 valence electrons. The summed E-state index contributed by atoms with van der Waals surface area (Å²) in [4.78, 5) is 25.5. The first-order valence-corrected chi connectivity index (χ1v) is 14.2. The molecule has 35 heavy (non-hydrogen) atoms. The fraction of sp³-hybridized carbons (Fsp3) is 0.154. The van der Waals surface area contributed by atoms with Gasteiger partial charge in [0.1, 0.15) is 0 Å². The van der Waals surface area contributed by atoms with Crippen LogP contribution in [0.4, 0.5) is 0 Å². The van der Waals surface area contributed by atoms with Crippen molar-refractivity contribution in [3.05, 3.63) is 91.2 Å². The molecule has 2 aromatic heterocycles. The molecule has 0 radical (unpaired) electrons. The molecule has 2 aromatic carbocycles. The number of carbonyl (C=O) groups excluding carboxylic acids is 2. The number of hydrogen-bond donors (Lipinski definition) is 0. The van der Waals surface area contributed by atoms with E-state index in [1.165, 1.54) is 22.7 Å². The molecule has 0 fully saturated rings. The molecule has 4 nitrogen and oxygen atoms in total. The van der Waals surface area contributed by atoms with E-state index in [2.05, 4.69) is 0 Å². The van der Waals surface area contributed by atoms with Crippen LogP contribution in [-0.4, -0.2) is 27.8 Å². The molecule has 0 spiro atoms. The summed E-state index contributed by atoms with van der Waals surface area (Å²) in [6, 6.07) is 19.3. The molecule has 0 amide bonds. The number of carbonyl (C=O) groups is 2. The van der Waals surface area contributed by atoms with Crippen molar-refractivity contribution in [2.24, 2.45) is 0 Å². The van der Waals surface area contributed by atoms with Gasteiger partial charge in [0.05, 0.1) is 0 Å². The number of rotatable bonds is 8. The maximum atomic E-state index is 12.8. The SMILES string of the molecule is CC(C(=O)[O][Al+][O]C(=O)C(C)c1csc(Cl)c1-c1ccccc1)c1csc(Cl)c1-c1ccccc1. The number of thiophene rings is 2.